The number of nitrogens with one attached hydrogen (secondary N) is 1. The monoisotopic (exact) mass is 249 g/mol. The summed E-state index contributed by atoms with van der Waals surface area (Å²) in [7, 11) is 0. The first-order chi connectivity index (χ1) is 8.33. The lowest BCUT2D eigenvalue weighted by molar-refractivity contribution is 0.628. The molecule has 1 saturated heterocycles. The highest BCUT2D eigenvalue weighted by molar-refractivity contribution is 7.99. The summed E-state index contributed by atoms with van der Waals surface area (Å²) in [6.07, 6.45) is 2.85. The number of aryl methyl sites for hydroxylation is 1. The molecule has 1 atom stereocenters. The van der Waals surface area contributed by atoms with E-state index in [0.29, 0.717) is 5.78 Å². The zero-order valence-corrected chi connectivity index (χ0v) is 10.6. The maximum atomic E-state index is 4.32. The van der Waals surface area contributed by atoms with Gasteiger partial charge in [0.15, 0.2) is 0 Å². The van der Waals surface area contributed by atoms with Crippen LogP contribution in [0.5, 0.6) is 0 Å². The summed E-state index contributed by atoms with van der Waals surface area (Å²) in [5, 5.41) is 7.64. The van der Waals surface area contributed by atoms with Gasteiger partial charge in [0.05, 0.1) is 0 Å². The minimum atomic E-state index is 0.660. The normalized spacial score (nSPS) is 19.9. The van der Waals surface area contributed by atoms with Gasteiger partial charge in [0, 0.05) is 18.3 Å². The fraction of sp³-hybridized carbons (Fsp3) is 0.545. The van der Waals surface area contributed by atoms with E-state index in [0.717, 1.165) is 24.0 Å². The number of nitrogens with zero attached hydrogens (tertiary/aromatic N) is 4. The van der Waals surface area contributed by atoms with Crippen molar-refractivity contribution in [2.75, 3.05) is 23.4 Å². The van der Waals surface area contributed by atoms with Gasteiger partial charge < -0.3 is 5.32 Å². The molecule has 0 bridgehead atoms. The second-order valence-corrected chi connectivity index (χ2v) is 5.51. The Morgan fingerprint density at radius 1 is 1.59 bits per heavy atom. The quantitative estimate of drug-likeness (QED) is 0.895. The van der Waals surface area contributed by atoms with E-state index in [1.54, 1.807) is 10.8 Å². The standard InChI is InChI=1S/C11H15N5S/c1-8-4-10(12-5-9-2-3-17-6-9)16-11(15-8)13-7-14-16/h4,7,9,12H,2-3,5-6H2,1H3. The molecule has 1 unspecified atom stereocenters. The number of aromatic nitrogens is 4. The molecule has 3 heterocycles. The molecule has 90 valence electrons. The van der Waals surface area contributed by atoms with Gasteiger partial charge in [-0.15, -0.1) is 0 Å². The fourth-order valence-corrected chi connectivity index (χ4v) is 3.33. The average Bonchev–Trinajstić information content (AvgIpc) is 2.95. The SMILES string of the molecule is Cc1cc(NCC2CCSC2)n2ncnc2n1. The van der Waals surface area contributed by atoms with Crippen molar-refractivity contribution in [2.45, 2.75) is 13.3 Å². The van der Waals surface area contributed by atoms with Crippen molar-refractivity contribution in [3.63, 3.8) is 0 Å². The van der Waals surface area contributed by atoms with Crippen LogP contribution in [0.2, 0.25) is 0 Å². The molecule has 0 aliphatic carbocycles. The minimum absolute atomic E-state index is 0.660. The lowest BCUT2D eigenvalue weighted by atomic mass is 10.1. The van der Waals surface area contributed by atoms with Crippen molar-refractivity contribution < 1.29 is 0 Å². The molecule has 3 rings (SSSR count). The van der Waals surface area contributed by atoms with Gasteiger partial charge in [0.1, 0.15) is 12.1 Å². The number of hydrogen-bond acceptors (Lipinski definition) is 5. The van der Waals surface area contributed by atoms with Gasteiger partial charge in [0.2, 0.25) is 0 Å². The summed E-state index contributed by atoms with van der Waals surface area (Å²) in [6.45, 7) is 2.98. The molecule has 1 N–H and O–H groups in total. The average molecular weight is 249 g/mol. The molecule has 0 amide bonds. The van der Waals surface area contributed by atoms with Gasteiger partial charge >= 0.3 is 0 Å². The first-order valence-electron chi connectivity index (χ1n) is 5.82. The van der Waals surface area contributed by atoms with Crippen LogP contribution in [0.15, 0.2) is 12.4 Å². The summed E-state index contributed by atoms with van der Waals surface area (Å²) in [4.78, 5) is 8.44. The van der Waals surface area contributed by atoms with E-state index in [1.807, 2.05) is 24.8 Å². The second-order valence-electron chi connectivity index (χ2n) is 4.37. The third-order valence-electron chi connectivity index (χ3n) is 2.98. The fourth-order valence-electron chi connectivity index (χ4n) is 2.05. The molecule has 0 radical (unpaired) electrons. The number of thioether (sulfide) groups is 1. The lowest BCUT2D eigenvalue weighted by Gasteiger charge is -2.12. The molecule has 0 saturated carbocycles. The molecule has 17 heavy (non-hydrogen) atoms. The van der Waals surface area contributed by atoms with Gasteiger partial charge in [-0.3, -0.25) is 0 Å². The number of anilines is 1. The van der Waals surface area contributed by atoms with Gasteiger partial charge in [-0.2, -0.15) is 26.4 Å². The predicted molar refractivity (Wildman–Crippen MR) is 69.4 cm³/mol. The van der Waals surface area contributed by atoms with E-state index in [2.05, 4.69) is 20.4 Å². The van der Waals surface area contributed by atoms with Crippen molar-refractivity contribution in [3.8, 4) is 0 Å². The molecule has 2 aromatic heterocycles. The van der Waals surface area contributed by atoms with Crippen LogP contribution < -0.4 is 5.32 Å². The highest BCUT2D eigenvalue weighted by atomic mass is 32.2. The number of rotatable bonds is 3. The van der Waals surface area contributed by atoms with Crippen molar-refractivity contribution in [1.29, 1.82) is 0 Å². The molecular weight excluding hydrogens is 234 g/mol. The Morgan fingerprint density at radius 2 is 2.53 bits per heavy atom. The number of fused-ring (bicyclic) bond motifs is 1. The largest absolute Gasteiger partial charge is 0.370 e. The van der Waals surface area contributed by atoms with E-state index in [-0.39, 0.29) is 0 Å². The van der Waals surface area contributed by atoms with Crippen molar-refractivity contribution in [3.05, 3.63) is 18.1 Å². The molecule has 1 aliphatic heterocycles. The van der Waals surface area contributed by atoms with E-state index in [4.69, 9.17) is 0 Å². The van der Waals surface area contributed by atoms with Crippen LogP contribution in [0.4, 0.5) is 5.82 Å². The summed E-state index contributed by atoms with van der Waals surface area (Å²) < 4.78 is 1.76. The minimum Gasteiger partial charge on any atom is -0.370 e. The summed E-state index contributed by atoms with van der Waals surface area (Å²) in [5.41, 5.74) is 0.966. The third kappa shape index (κ3) is 2.22. The molecule has 1 aliphatic rings. The Hall–Kier alpha value is -1.30. The Morgan fingerprint density at radius 3 is 3.35 bits per heavy atom. The zero-order valence-electron chi connectivity index (χ0n) is 9.76. The second kappa shape index (κ2) is 4.52. The molecule has 1 fully saturated rings. The van der Waals surface area contributed by atoms with Crippen LogP contribution in [0, 0.1) is 12.8 Å². The molecular formula is C11H15N5S. The Balaban J connectivity index is 1.81. The van der Waals surface area contributed by atoms with E-state index in [9.17, 15) is 0 Å². The molecule has 0 aromatic carbocycles. The first kappa shape index (κ1) is 10.8. The highest BCUT2D eigenvalue weighted by Crippen LogP contribution is 2.23. The number of hydrogen-bond donors (Lipinski definition) is 1. The van der Waals surface area contributed by atoms with Gasteiger partial charge in [-0.1, -0.05) is 0 Å². The van der Waals surface area contributed by atoms with E-state index < -0.39 is 0 Å². The first-order valence-corrected chi connectivity index (χ1v) is 6.97. The molecule has 0 spiro atoms. The lowest BCUT2D eigenvalue weighted by Crippen LogP contribution is -2.16. The molecule has 6 heteroatoms. The topological polar surface area (TPSA) is 55.1 Å². The Bertz CT molecular complexity index is 518. The summed E-state index contributed by atoms with van der Waals surface area (Å²) in [6, 6.07) is 2.02. The van der Waals surface area contributed by atoms with E-state index in [1.165, 1.54) is 17.9 Å². The maximum Gasteiger partial charge on any atom is 0.254 e. The van der Waals surface area contributed by atoms with Crippen LogP contribution in [-0.4, -0.2) is 37.6 Å². The smallest absolute Gasteiger partial charge is 0.254 e. The molecule has 5 nitrogen and oxygen atoms in total. The van der Waals surface area contributed by atoms with Crippen molar-refractivity contribution in [2.24, 2.45) is 5.92 Å². The van der Waals surface area contributed by atoms with Crippen LogP contribution >= 0.6 is 11.8 Å². The molecule has 2 aromatic rings. The summed E-state index contributed by atoms with van der Waals surface area (Å²) >= 11 is 2.04. The van der Waals surface area contributed by atoms with Crippen LogP contribution in [-0.2, 0) is 0 Å². The van der Waals surface area contributed by atoms with Gasteiger partial charge in [-0.25, -0.2) is 4.98 Å². The van der Waals surface area contributed by atoms with Crippen LogP contribution in [0.1, 0.15) is 12.1 Å². The maximum absolute atomic E-state index is 4.32. The van der Waals surface area contributed by atoms with Gasteiger partial charge in [-0.05, 0) is 30.8 Å². The predicted octanol–water partition coefficient (Wildman–Crippen LogP) is 1.60. The van der Waals surface area contributed by atoms with Gasteiger partial charge in [0.25, 0.3) is 5.78 Å². The summed E-state index contributed by atoms with van der Waals surface area (Å²) in [5.74, 6) is 4.97. The van der Waals surface area contributed by atoms with Crippen LogP contribution in [0.3, 0.4) is 0 Å². The third-order valence-corrected chi connectivity index (χ3v) is 4.21. The van der Waals surface area contributed by atoms with Crippen molar-refractivity contribution >= 4 is 23.4 Å². The van der Waals surface area contributed by atoms with Crippen molar-refractivity contribution in [1.82, 2.24) is 19.6 Å². The van der Waals surface area contributed by atoms with E-state index >= 15 is 0 Å². The van der Waals surface area contributed by atoms with Crippen LogP contribution in [0.25, 0.3) is 5.78 Å². The zero-order chi connectivity index (χ0) is 11.7. The highest BCUT2D eigenvalue weighted by Gasteiger charge is 2.15. The Labute approximate surface area is 104 Å². The Kier molecular flexibility index (Phi) is 2.88.